The summed E-state index contributed by atoms with van der Waals surface area (Å²) in [4.78, 5) is 24.6. The average Bonchev–Trinajstić information content (AvgIpc) is 3.16. The number of carbonyl (C=O) groups is 2. The molecule has 4 rings (SSSR count). The zero-order valence-corrected chi connectivity index (χ0v) is 19.2. The van der Waals surface area contributed by atoms with Crippen LogP contribution in [0, 0.1) is 0 Å². The first kappa shape index (κ1) is 22.8. The molecule has 3 aromatic rings. The first-order valence-electron chi connectivity index (χ1n) is 10.6. The summed E-state index contributed by atoms with van der Waals surface area (Å²) in [6.45, 7) is 0.243. The predicted octanol–water partition coefficient (Wildman–Crippen LogP) is 1.68. The molecule has 1 aliphatic rings. The minimum Gasteiger partial charge on any atom is -0.387 e. The van der Waals surface area contributed by atoms with Crippen molar-refractivity contribution < 1.29 is 23.1 Å². The summed E-state index contributed by atoms with van der Waals surface area (Å²) in [6.07, 6.45) is 3.54. The Morgan fingerprint density at radius 3 is 2.67 bits per heavy atom. The topological polar surface area (TPSA) is 121 Å². The standard InChI is InChI=1S/C23H26N4O5S/c1-26-11-9-16-12-17(6-8-19(16)26)21(28)14-24-22(29)23(30)25-18-7-5-15-4-3-10-27(20(15)13-18)33(2,31)32/h5-9,11-13,21,28H,3-4,10,14H2,1-2H3,(H,24,29)(H,25,30). The molecule has 2 heterocycles. The third kappa shape index (κ3) is 4.86. The molecule has 9 nitrogen and oxygen atoms in total. The molecule has 0 saturated carbocycles. The Kier molecular flexibility index (Phi) is 6.13. The van der Waals surface area contributed by atoms with E-state index in [4.69, 9.17) is 0 Å². The van der Waals surface area contributed by atoms with Crippen molar-refractivity contribution >= 4 is 44.1 Å². The lowest BCUT2D eigenvalue weighted by atomic mass is 10.0. The SMILES string of the molecule is Cn1ccc2cc(C(O)CNC(=O)C(=O)Nc3ccc4c(c3)N(S(C)(=O)=O)CCC4)ccc21. The van der Waals surface area contributed by atoms with Crippen LogP contribution in [0.25, 0.3) is 10.9 Å². The number of aryl methyl sites for hydroxylation is 2. The van der Waals surface area contributed by atoms with Crippen molar-refractivity contribution in [2.24, 2.45) is 7.05 Å². The fraction of sp³-hybridized carbons (Fsp3) is 0.304. The van der Waals surface area contributed by atoms with E-state index in [2.05, 4.69) is 10.6 Å². The highest BCUT2D eigenvalue weighted by Crippen LogP contribution is 2.31. The van der Waals surface area contributed by atoms with E-state index in [1.807, 2.05) is 36.0 Å². The highest BCUT2D eigenvalue weighted by Gasteiger charge is 2.25. The molecule has 1 unspecified atom stereocenters. The van der Waals surface area contributed by atoms with Gasteiger partial charge in [-0.15, -0.1) is 0 Å². The van der Waals surface area contributed by atoms with Crippen LogP contribution in [0.15, 0.2) is 48.7 Å². The highest BCUT2D eigenvalue weighted by atomic mass is 32.2. The molecule has 0 spiro atoms. The smallest absolute Gasteiger partial charge is 0.313 e. The zero-order valence-electron chi connectivity index (χ0n) is 18.4. The summed E-state index contributed by atoms with van der Waals surface area (Å²) >= 11 is 0. The number of nitrogens with one attached hydrogen (secondary N) is 2. The van der Waals surface area contributed by atoms with Gasteiger partial charge < -0.3 is 20.3 Å². The molecule has 0 bridgehead atoms. The molecule has 0 fully saturated rings. The lowest BCUT2D eigenvalue weighted by molar-refractivity contribution is -0.136. The van der Waals surface area contributed by atoms with Crippen molar-refractivity contribution in [3.8, 4) is 0 Å². The van der Waals surface area contributed by atoms with Gasteiger partial charge >= 0.3 is 11.8 Å². The Hall–Kier alpha value is -3.37. The molecular formula is C23H26N4O5S. The summed E-state index contributed by atoms with van der Waals surface area (Å²) in [5.74, 6) is -1.80. The molecule has 2 amide bonds. The number of carbonyl (C=O) groups excluding carboxylic acids is 2. The van der Waals surface area contributed by atoms with E-state index in [0.29, 0.717) is 29.9 Å². The van der Waals surface area contributed by atoms with E-state index in [-0.39, 0.29) is 6.54 Å². The number of hydrogen-bond donors (Lipinski definition) is 3. The maximum atomic E-state index is 12.3. The molecule has 3 N–H and O–H groups in total. The second-order valence-electron chi connectivity index (χ2n) is 8.21. The molecule has 2 aromatic carbocycles. The van der Waals surface area contributed by atoms with Crippen LogP contribution in [0.4, 0.5) is 11.4 Å². The van der Waals surface area contributed by atoms with Gasteiger partial charge in [-0.2, -0.15) is 0 Å². The number of anilines is 2. The molecule has 0 saturated heterocycles. The largest absolute Gasteiger partial charge is 0.387 e. The van der Waals surface area contributed by atoms with Gasteiger partial charge in [0.15, 0.2) is 0 Å². The van der Waals surface area contributed by atoms with Crippen LogP contribution >= 0.6 is 0 Å². The van der Waals surface area contributed by atoms with E-state index in [9.17, 15) is 23.1 Å². The van der Waals surface area contributed by atoms with E-state index >= 15 is 0 Å². The average molecular weight is 471 g/mol. The quantitative estimate of drug-likeness (QED) is 0.490. The second kappa shape index (κ2) is 8.87. The van der Waals surface area contributed by atoms with Gasteiger partial charge in [0.25, 0.3) is 0 Å². The molecule has 1 aliphatic heterocycles. The Balaban J connectivity index is 1.39. The van der Waals surface area contributed by atoms with Gasteiger partial charge in [0.1, 0.15) is 0 Å². The Bertz CT molecular complexity index is 1330. The molecule has 1 aromatic heterocycles. The summed E-state index contributed by atoms with van der Waals surface area (Å²) in [5, 5.41) is 16.3. The van der Waals surface area contributed by atoms with Gasteiger partial charge in [-0.3, -0.25) is 13.9 Å². The number of aliphatic hydroxyl groups is 1. The predicted molar refractivity (Wildman–Crippen MR) is 126 cm³/mol. The second-order valence-corrected chi connectivity index (χ2v) is 10.1. The van der Waals surface area contributed by atoms with Crippen LogP contribution in [-0.2, 0) is 33.1 Å². The van der Waals surface area contributed by atoms with Crippen LogP contribution in [0.3, 0.4) is 0 Å². The van der Waals surface area contributed by atoms with Gasteiger partial charge in [-0.1, -0.05) is 12.1 Å². The van der Waals surface area contributed by atoms with Crippen LogP contribution in [0.2, 0.25) is 0 Å². The first-order valence-corrected chi connectivity index (χ1v) is 12.4. The van der Waals surface area contributed by atoms with E-state index < -0.39 is 27.9 Å². The summed E-state index contributed by atoms with van der Waals surface area (Å²) in [5.41, 5.74) is 3.35. The maximum Gasteiger partial charge on any atom is 0.313 e. The number of nitrogens with zero attached hydrogens (tertiary/aromatic N) is 2. The van der Waals surface area contributed by atoms with Crippen molar-refractivity contribution in [3.63, 3.8) is 0 Å². The third-order valence-electron chi connectivity index (χ3n) is 5.78. The van der Waals surface area contributed by atoms with Gasteiger partial charge in [0.05, 0.1) is 18.0 Å². The Morgan fingerprint density at radius 2 is 1.91 bits per heavy atom. The summed E-state index contributed by atoms with van der Waals surface area (Å²) < 4.78 is 27.4. The molecule has 33 heavy (non-hydrogen) atoms. The van der Waals surface area contributed by atoms with E-state index in [1.165, 1.54) is 4.31 Å². The van der Waals surface area contributed by atoms with Gasteiger partial charge in [0.2, 0.25) is 10.0 Å². The van der Waals surface area contributed by atoms with Crippen molar-refractivity contribution in [2.45, 2.75) is 18.9 Å². The number of aromatic nitrogens is 1. The monoisotopic (exact) mass is 470 g/mol. The number of rotatable bonds is 5. The van der Waals surface area contributed by atoms with Crippen molar-refractivity contribution in [1.82, 2.24) is 9.88 Å². The molecule has 1 atom stereocenters. The van der Waals surface area contributed by atoms with Crippen molar-refractivity contribution in [2.75, 3.05) is 29.0 Å². The maximum absolute atomic E-state index is 12.3. The highest BCUT2D eigenvalue weighted by molar-refractivity contribution is 7.92. The molecule has 174 valence electrons. The van der Waals surface area contributed by atoms with Gasteiger partial charge in [-0.25, -0.2) is 8.42 Å². The number of aliphatic hydroxyl groups excluding tert-OH is 1. The van der Waals surface area contributed by atoms with Crippen LogP contribution in [0.5, 0.6) is 0 Å². The minimum absolute atomic E-state index is 0.128. The first-order chi connectivity index (χ1) is 15.6. The fourth-order valence-electron chi connectivity index (χ4n) is 4.05. The zero-order chi connectivity index (χ0) is 23.8. The van der Waals surface area contributed by atoms with Gasteiger partial charge in [0, 0.05) is 37.5 Å². The van der Waals surface area contributed by atoms with Crippen molar-refractivity contribution in [3.05, 3.63) is 59.8 Å². The molecule has 0 aliphatic carbocycles. The number of sulfonamides is 1. The van der Waals surface area contributed by atoms with Crippen LogP contribution in [-0.4, -0.2) is 49.3 Å². The lowest BCUT2D eigenvalue weighted by Gasteiger charge is -2.29. The normalized spacial score (nSPS) is 14.6. The van der Waals surface area contributed by atoms with Crippen LogP contribution < -0.4 is 14.9 Å². The van der Waals surface area contributed by atoms with E-state index in [1.54, 1.807) is 24.3 Å². The number of fused-ring (bicyclic) bond motifs is 2. The number of benzene rings is 2. The molecule has 0 radical (unpaired) electrons. The van der Waals surface area contributed by atoms with Crippen LogP contribution in [0.1, 0.15) is 23.7 Å². The number of hydrogen-bond acceptors (Lipinski definition) is 5. The molecular weight excluding hydrogens is 444 g/mol. The Labute approximate surface area is 192 Å². The Morgan fingerprint density at radius 1 is 1.12 bits per heavy atom. The molecule has 10 heteroatoms. The minimum atomic E-state index is -3.45. The van der Waals surface area contributed by atoms with Gasteiger partial charge in [-0.05, 0) is 59.7 Å². The third-order valence-corrected chi connectivity index (χ3v) is 6.96. The summed E-state index contributed by atoms with van der Waals surface area (Å²) in [7, 11) is -1.52. The lowest BCUT2D eigenvalue weighted by Crippen LogP contribution is -2.38. The fourth-order valence-corrected chi connectivity index (χ4v) is 5.03. The van der Waals surface area contributed by atoms with Crippen molar-refractivity contribution in [1.29, 1.82) is 0 Å². The summed E-state index contributed by atoms with van der Waals surface area (Å²) in [6, 6.07) is 12.4. The van der Waals surface area contributed by atoms with E-state index in [0.717, 1.165) is 29.1 Å². The number of amides is 2.